The summed E-state index contributed by atoms with van der Waals surface area (Å²) in [5.41, 5.74) is 6.59. The van der Waals surface area contributed by atoms with Gasteiger partial charge in [-0.15, -0.1) is 12.4 Å². The lowest BCUT2D eigenvalue weighted by molar-refractivity contribution is 0.372. The van der Waals surface area contributed by atoms with Gasteiger partial charge in [0.05, 0.1) is 15.6 Å². The zero-order valence-electron chi connectivity index (χ0n) is 10.6. The van der Waals surface area contributed by atoms with Crippen LogP contribution in [0, 0.1) is 0 Å². The molecular formula is C13H14Cl3N3O. The molecule has 1 aliphatic carbocycles. The Morgan fingerprint density at radius 1 is 1.15 bits per heavy atom. The second-order valence-electron chi connectivity index (χ2n) is 4.92. The van der Waals surface area contributed by atoms with E-state index < -0.39 is 5.54 Å². The molecule has 4 nitrogen and oxygen atoms in total. The fourth-order valence-corrected chi connectivity index (χ4v) is 2.70. The van der Waals surface area contributed by atoms with Crippen LogP contribution >= 0.6 is 35.6 Å². The molecule has 0 spiro atoms. The largest absolute Gasteiger partial charge is 0.334 e. The van der Waals surface area contributed by atoms with Crippen molar-refractivity contribution >= 4 is 35.6 Å². The number of aromatic nitrogens is 2. The summed E-state index contributed by atoms with van der Waals surface area (Å²) < 4.78 is 5.28. The minimum atomic E-state index is -0.446. The summed E-state index contributed by atoms with van der Waals surface area (Å²) in [5, 5.41) is 4.97. The number of hydrogen-bond acceptors (Lipinski definition) is 4. The Morgan fingerprint density at radius 3 is 2.50 bits per heavy atom. The molecule has 0 radical (unpaired) electrons. The maximum atomic E-state index is 6.29. The van der Waals surface area contributed by atoms with E-state index >= 15 is 0 Å². The fourth-order valence-electron chi connectivity index (χ4n) is 2.40. The van der Waals surface area contributed by atoms with Gasteiger partial charge in [0.15, 0.2) is 5.82 Å². The van der Waals surface area contributed by atoms with Gasteiger partial charge in [0, 0.05) is 5.56 Å². The molecule has 2 aromatic rings. The summed E-state index contributed by atoms with van der Waals surface area (Å²) in [6, 6.07) is 5.21. The van der Waals surface area contributed by atoms with Gasteiger partial charge in [-0.2, -0.15) is 4.98 Å². The molecule has 1 aromatic heterocycles. The first-order valence-electron chi connectivity index (χ1n) is 6.17. The summed E-state index contributed by atoms with van der Waals surface area (Å²) in [6.45, 7) is 0. The molecule has 1 saturated carbocycles. The van der Waals surface area contributed by atoms with Crippen molar-refractivity contribution in [3.05, 3.63) is 34.1 Å². The predicted octanol–water partition coefficient (Wildman–Crippen LogP) is 4.19. The third kappa shape index (κ3) is 2.79. The van der Waals surface area contributed by atoms with Crippen LogP contribution in [0.1, 0.15) is 31.5 Å². The van der Waals surface area contributed by atoms with Crippen molar-refractivity contribution in [2.45, 2.75) is 31.2 Å². The average Bonchev–Trinajstić information content (AvgIpc) is 3.02. The summed E-state index contributed by atoms with van der Waals surface area (Å²) in [4.78, 5) is 4.40. The molecule has 1 aromatic carbocycles. The van der Waals surface area contributed by atoms with Crippen LogP contribution in [0.3, 0.4) is 0 Å². The van der Waals surface area contributed by atoms with E-state index in [2.05, 4.69) is 10.1 Å². The van der Waals surface area contributed by atoms with Gasteiger partial charge in [0.25, 0.3) is 5.89 Å². The van der Waals surface area contributed by atoms with E-state index in [1.807, 2.05) is 0 Å². The highest BCUT2D eigenvalue weighted by Crippen LogP contribution is 2.36. The average molecular weight is 335 g/mol. The number of nitrogens with zero attached hydrogens (tertiary/aromatic N) is 2. The second-order valence-corrected chi connectivity index (χ2v) is 5.73. The van der Waals surface area contributed by atoms with Crippen LogP contribution in [0.15, 0.2) is 22.7 Å². The van der Waals surface area contributed by atoms with Crippen molar-refractivity contribution in [1.82, 2.24) is 10.1 Å². The summed E-state index contributed by atoms with van der Waals surface area (Å²) in [6.07, 6.45) is 4.00. The molecule has 0 saturated heterocycles. The molecule has 0 aliphatic heterocycles. The lowest BCUT2D eigenvalue weighted by Crippen LogP contribution is -2.34. The highest BCUT2D eigenvalue weighted by molar-refractivity contribution is 6.42. The van der Waals surface area contributed by atoms with E-state index in [1.54, 1.807) is 18.2 Å². The van der Waals surface area contributed by atoms with E-state index in [1.165, 1.54) is 0 Å². The van der Waals surface area contributed by atoms with Crippen molar-refractivity contribution in [2.75, 3.05) is 0 Å². The van der Waals surface area contributed by atoms with Crippen LogP contribution < -0.4 is 5.73 Å². The Labute approximate surface area is 133 Å². The number of benzene rings is 1. The summed E-state index contributed by atoms with van der Waals surface area (Å²) in [7, 11) is 0. The minimum absolute atomic E-state index is 0. The maximum absolute atomic E-state index is 6.29. The van der Waals surface area contributed by atoms with Crippen LogP contribution in [0.2, 0.25) is 10.0 Å². The van der Waals surface area contributed by atoms with E-state index in [4.69, 9.17) is 33.5 Å². The van der Waals surface area contributed by atoms with Crippen LogP contribution in [0.25, 0.3) is 11.5 Å². The number of rotatable bonds is 2. The molecular weight excluding hydrogens is 321 g/mol. The minimum Gasteiger partial charge on any atom is -0.334 e. The zero-order chi connectivity index (χ0) is 13.5. The van der Waals surface area contributed by atoms with E-state index in [9.17, 15) is 0 Å². The monoisotopic (exact) mass is 333 g/mol. The first-order chi connectivity index (χ1) is 9.08. The Bertz CT molecular complexity index is 609. The van der Waals surface area contributed by atoms with Gasteiger partial charge in [-0.3, -0.25) is 0 Å². The summed E-state index contributed by atoms with van der Waals surface area (Å²) >= 11 is 11.9. The molecule has 7 heteroatoms. The van der Waals surface area contributed by atoms with Crippen molar-refractivity contribution in [1.29, 1.82) is 0 Å². The lowest BCUT2D eigenvalue weighted by atomic mass is 9.99. The van der Waals surface area contributed by atoms with Gasteiger partial charge in [-0.25, -0.2) is 0 Å². The Hall–Kier alpha value is -0.810. The SMILES string of the molecule is Cl.NC1(c2noc(-c3ccc(Cl)c(Cl)c3)n2)CCCC1. The van der Waals surface area contributed by atoms with Crippen molar-refractivity contribution in [3.8, 4) is 11.5 Å². The number of nitrogens with two attached hydrogens (primary N) is 1. The molecule has 1 heterocycles. The van der Waals surface area contributed by atoms with Gasteiger partial charge >= 0.3 is 0 Å². The summed E-state index contributed by atoms with van der Waals surface area (Å²) in [5.74, 6) is 0.997. The van der Waals surface area contributed by atoms with Crippen LogP contribution in [-0.2, 0) is 5.54 Å². The van der Waals surface area contributed by atoms with Gasteiger partial charge in [0.2, 0.25) is 0 Å². The van der Waals surface area contributed by atoms with E-state index in [0.29, 0.717) is 21.8 Å². The van der Waals surface area contributed by atoms with Crippen molar-refractivity contribution in [3.63, 3.8) is 0 Å². The van der Waals surface area contributed by atoms with Gasteiger partial charge in [-0.1, -0.05) is 41.2 Å². The molecule has 20 heavy (non-hydrogen) atoms. The van der Waals surface area contributed by atoms with Crippen LogP contribution in [0.4, 0.5) is 0 Å². The molecule has 0 atom stereocenters. The normalized spacial score (nSPS) is 16.9. The highest BCUT2D eigenvalue weighted by atomic mass is 35.5. The second kappa shape index (κ2) is 5.90. The molecule has 3 rings (SSSR count). The van der Waals surface area contributed by atoms with Crippen LogP contribution in [-0.4, -0.2) is 10.1 Å². The third-order valence-electron chi connectivity index (χ3n) is 3.53. The molecule has 1 aliphatic rings. The lowest BCUT2D eigenvalue weighted by Gasteiger charge is -2.17. The third-order valence-corrected chi connectivity index (χ3v) is 4.27. The van der Waals surface area contributed by atoms with E-state index in [-0.39, 0.29) is 12.4 Å². The molecule has 1 fully saturated rings. The van der Waals surface area contributed by atoms with Crippen LogP contribution in [0.5, 0.6) is 0 Å². The first kappa shape index (κ1) is 15.6. The van der Waals surface area contributed by atoms with Crippen molar-refractivity contribution < 1.29 is 4.52 Å². The molecule has 0 amide bonds. The first-order valence-corrected chi connectivity index (χ1v) is 6.93. The van der Waals surface area contributed by atoms with Gasteiger partial charge in [0.1, 0.15) is 0 Å². The standard InChI is InChI=1S/C13H13Cl2N3O.ClH/c14-9-4-3-8(7-10(9)15)11-17-12(18-19-11)13(16)5-1-2-6-13;/h3-4,7H,1-2,5-6,16H2;1H. The topological polar surface area (TPSA) is 64.9 Å². The predicted molar refractivity (Wildman–Crippen MR) is 81.3 cm³/mol. The Balaban J connectivity index is 0.00000147. The number of hydrogen-bond donors (Lipinski definition) is 1. The quantitative estimate of drug-likeness (QED) is 0.894. The molecule has 2 N–H and O–H groups in total. The molecule has 0 unspecified atom stereocenters. The smallest absolute Gasteiger partial charge is 0.258 e. The highest BCUT2D eigenvalue weighted by Gasteiger charge is 2.36. The molecule has 108 valence electrons. The Morgan fingerprint density at radius 2 is 1.85 bits per heavy atom. The van der Waals surface area contributed by atoms with E-state index in [0.717, 1.165) is 31.2 Å². The maximum Gasteiger partial charge on any atom is 0.258 e. The van der Waals surface area contributed by atoms with Gasteiger partial charge in [-0.05, 0) is 31.0 Å². The molecule has 0 bridgehead atoms. The number of halogens is 3. The Kier molecular flexibility index (Phi) is 4.59. The zero-order valence-corrected chi connectivity index (χ0v) is 12.9. The van der Waals surface area contributed by atoms with Crippen molar-refractivity contribution in [2.24, 2.45) is 5.73 Å². The fraction of sp³-hybridized carbons (Fsp3) is 0.385. The van der Waals surface area contributed by atoms with Gasteiger partial charge < -0.3 is 10.3 Å².